The first-order chi connectivity index (χ1) is 7.04. The fourth-order valence-electron chi connectivity index (χ4n) is 2.34. The monoisotopic (exact) mass is 212 g/mol. The minimum atomic E-state index is -0.124. The van der Waals surface area contributed by atoms with Crippen LogP contribution in [-0.4, -0.2) is 42.1 Å². The van der Waals surface area contributed by atoms with Crippen LogP contribution in [0.3, 0.4) is 0 Å². The van der Waals surface area contributed by atoms with Gasteiger partial charge in [0.15, 0.2) is 0 Å². The van der Waals surface area contributed by atoms with E-state index in [0.717, 1.165) is 12.8 Å². The average molecular weight is 212 g/mol. The van der Waals surface area contributed by atoms with E-state index in [1.807, 2.05) is 11.8 Å². The Balaban J connectivity index is 1.84. The summed E-state index contributed by atoms with van der Waals surface area (Å²) in [6.45, 7) is 6.10. The van der Waals surface area contributed by atoms with Crippen LogP contribution in [0.4, 0.5) is 0 Å². The third-order valence-corrected chi connectivity index (χ3v) is 3.57. The predicted molar refractivity (Wildman–Crippen MR) is 57.3 cm³/mol. The van der Waals surface area contributed by atoms with Gasteiger partial charge >= 0.3 is 0 Å². The van der Waals surface area contributed by atoms with E-state index in [1.54, 1.807) is 0 Å². The summed E-state index contributed by atoms with van der Waals surface area (Å²) >= 11 is 0. The molecule has 0 radical (unpaired) electrons. The Morgan fingerprint density at radius 1 is 1.60 bits per heavy atom. The van der Waals surface area contributed by atoms with E-state index in [9.17, 15) is 4.79 Å². The van der Waals surface area contributed by atoms with Crippen molar-refractivity contribution in [2.24, 2.45) is 11.7 Å². The summed E-state index contributed by atoms with van der Waals surface area (Å²) in [4.78, 5) is 13.8. The van der Waals surface area contributed by atoms with Crippen molar-refractivity contribution >= 4 is 5.91 Å². The zero-order valence-electron chi connectivity index (χ0n) is 9.53. The lowest BCUT2D eigenvalue weighted by Gasteiger charge is -2.48. The number of carbonyl (C=O) groups excluding carboxylic acids is 1. The first-order valence-electron chi connectivity index (χ1n) is 5.73. The molecule has 2 unspecified atom stereocenters. The molecule has 0 aliphatic carbocycles. The average Bonchev–Trinajstić information content (AvgIpc) is 2.59. The summed E-state index contributed by atoms with van der Waals surface area (Å²) in [6, 6.07) is 0. The van der Waals surface area contributed by atoms with Gasteiger partial charge in [-0.15, -0.1) is 0 Å². The zero-order chi connectivity index (χ0) is 11.1. The molecule has 0 aromatic rings. The summed E-state index contributed by atoms with van der Waals surface area (Å²) in [7, 11) is 0. The van der Waals surface area contributed by atoms with Gasteiger partial charge in [-0.3, -0.25) is 4.79 Å². The number of likely N-dealkylation sites (tertiary alicyclic amines) is 1. The lowest BCUT2D eigenvalue weighted by molar-refractivity contribution is -0.143. The van der Waals surface area contributed by atoms with Crippen LogP contribution >= 0.6 is 0 Å². The topological polar surface area (TPSA) is 55.6 Å². The normalized spacial score (nSPS) is 33.9. The molecular weight excluding hydrogens is 192 g/mol. The summed E-state index contributed by atoms with van der Waals surface area (Å²) in [5.41, 5.74) is 5.91. The molecule has 0 spiro atoms. The largest absolute Gasteiger partial charge is 0.378 e. The molecule has 0 bridgehead atoms. The molecule has 4 nitrogen and oxygen atoms in total. The molecule has 1 amide bonds. The van der Waals surface area contributed by atoms with Crippen LogP contribution in [0.15, 0.2) is 0 Å². The van der Waals surface area contributed by atoms with Crippen LogP contribution in [0.5, 0.6) is 0 Å². The highest BCUT2D eigenvalue weighted by Gasteiger charge is 2.43. The number of rotatable bonds is 2. The quantitative estimate of drug-likeness (QED) is 0.719. The smallest absolute Gasteiger partial charge is 0.228 e. The maximum atomic E-state index is 12.0. The van der Waals surface area contributed by atoms with E-state index in [-0.39, 0.29) is 23.5 Å². The Morgan fingerprint density at radius 2 is 2.27 bits per heavy atom. The molecule has 2 saturated heterocycles. The van der Waals surface area contributed by atoms with Gasteiger partial charge in [0.1, 0.15) is 0 Å². The van der Waals surface area contributed by atoms with Crippen LogP contribution in [0, 0.1) is 5.92 Å². The Labute approximate surface area is 90.8 Å². The fourth-order valence-corrected chi connectivity index (χ4v) is 2.34. The van der Waals surface area contributed by atoms with Gasteiger partial charge in [0.25, 0.3) is 0 Å². The third-order valence-electron chi connectivity index (χ3n) is 3.57. The highest BCUT2D eigenvalue weighted by Crippen LogP contribution is 2.27. The van der Waals surface area contributed by atoms with E-state index < -0.39 is 0 Å². The summed E-state index contributed by atoms with van der Waals surface area (Å²) in [5.74, 6) is 0.301. The van der Waals surface area contributed by atoms with Gasteiger partial charge < -0.3 is 15.4 Å². The molecule has 2 heterocycles. The second-order valence-corrected chi connectivity index (χ2v) is 4.99. The molecule has 0 saturated carbocycles. The molecule has 2 atom stereocenters. The SMILES string of the molecule is CCC1(N)CN(C(=O)C2COC(C)C2)C1. The highest BCUT2D eigenvalue weighted by atomic mass is 16.5. The first kappa shape index (κ1) is 10.9. The lowest BCUT2D eigenvalue weighted by atomic mass is 9.87. The zero-order valence-corrected chi connectivity index (χ0v) is 9.53. The standard InChI is InChI=1S/C11H20N2O2/c1-3-11(12)6-13(7-11)10(14)9-4-8(2)15-5-9/h8-9H,3-7,12H2,1-2H3. The van der Waals surface area contributed by atoms with E-state index >= 15 is 0 Å². The van der Waals surface area contributed by atoms with Crippen molar-refractivity contribution < 1.29 is 9.53 Å². The van der Waals surface area contributed by atoms with Crippen molar-refractivity contribution in [3.8, 4) is 0 Å². The predicted octanol–water partition coefficient (Wildman–Crippen LogP) is 0.361. The van der Waals surface area contributed by atoms with E-state index in [2.05, 4.69) is 6.92 Å². The first-order valence-corrected chi connectivity index (χ1v) is 5.73. The number of carbonyl (C=O) groups is 1. The van der Waals surface area contributed by atoms with Crippen LogP contribution < -0.4 is 5.73 Å². The lowest BCUT2D eigenvalue weighted by Crippen LogP contribution is -2.69. The molecular formula is C11H20N2O2. The summed E-state index contributed by atoms with van der Waals surface area (Å²) < 4.78 is 5.40. The molecule has 2 rings (SSSR count). The molecule has 2 N–H and O–H groups in total. The molecule has 2 aliphatic heterocycles. The summed E-state index contributed by atoms with van der Waals surface area (Å²) in [6.07, 6.45) is 2.03. The number of hydrogen-bond donors (Lipinski definition) is 1. The van der Waals surface area contributed by atoms with Gasteiger partial charge in [-0.1, -0.05) is 6.92 Å². The van der Waals surface area contributed by atoms with Gasteiger partial charge in [0.05, 0.1) is 24.2 Å². The highest BCUT2D eigenvalue weighted by molar-refractivity contribution is 5.80. The van der Waals surface area contributed by atoms with Gasteiger partial charge in [0.2, 0.25) is 5.91 Å². The van der Waals surface area contributed by atoms with E-state index in [1.165, 1.54) is 0 Å². The van der Waals surface area contributed by atoms with Gasteiger partial charge in [-0.25, -0.2) is 0 Å². The van der Waals surface area contributed by atoms with Gasteiger partial charge in [-0.05, 0) is 19.8 Å². The number of hydrogen-bond acceptors (Lipinski definition) is 3. The molecule has 0 aromatic carbocycles. The molecule has 4 heteroatoms. The number of amides is 1. The maximum Gasteiger partial charge on any atom is 0.228 e. The Bertz CT molecular complexity index is 261. The van der Waals surface area contributed by atoms with Crippen molar-refractivity contribution in [1.29, 1.82) is 0 Å². The van der Waals surface area contributed by atoms with Crippen molar-refractivity contribution in [3.05, 3.63) is 0 Å². The van der Waals surface area contributed by atoms with Crippen LogP contribution in [-0.2, 0) is 9.53 Å². The number of nitrogens with zero attached hydrogens (tertiary/aromatic N) is 1. The second-order valence-electron chi connectivity index (χ2n) is 4.99. The molecule has 15 heavy (non-hydrogen) atoms. The summed E-state index contributed by atoms with van der Waals surface area (Å²) in [5, 5.41) is 0. The van der Waals surface area contributed by atoms with E-state index in [4.69, 9.17) is 10.5 Å². The van der Waals surface area contributed by atoms with Crippen molar-refractivity contribution in [3.63, 3.8) is 0 Å². The number of ether oxygens (including phenoxy) is 1. The Hall–Kier alpha value is -0.610. The third kappa shape index (κ3) is 2.01. The van der Waals surface area contributed by atoms with Crippen molar-refractivity contribution in [2.75, 3.05) is 19.7 Å². The fraction of sp³-hybridized carbons (Fsp3) is 0.909. The molecule has 0 aromatic heterocycles. The van der Waals surface area contributed by atoms with Crippen molar-refractivity contribution in [1.82, 2.24) is 4.90 Å². The molecule has 86 valence electrons. The number of nitrogens with two attached hydrogens (primary N) is 1. The Kier molecular flexibility index (Phi) is 2.73. The van der Waals surface area contributed by atoms with Crippen LogP contribution in [0.1, 0.15) is 26.7 Å². The van der Waals surface area contributed by atoms with Crippen LogP contribution in [0.2, 0.25) is 0 Å². The molecule has 2 aliphatic rings. The molecule has 2 fully saturated rings. The van der Waals surface area contributed by atoms with Crippen LogP contribution in [0.25, 0.3) is 0 Å². The Morgan fingerprint density at radius 3 is 2.73 bits per heavy atom. The second kappa shape index (κ2) is 3.76. The van der Waals surface area contributed by atoms with Gasteiger partial charge in [-0.2, -0.15) is 0 Å². The maximum absolute atomic E-state index is 12.0. The van der Waals surface area contributed by atoms with E-state index in [0.29, 0.717) is 19.7 Å². The van der Waals surface area contributed by atoms with Gasteiger partial charge in [0, 0.05) is 13.1 Å². The van der Waals surface area contributed by atoms with Crippen molar-refractivity contribution in [2.45, 2.75) is 38.3 Å². The minimum absolute atomic E-state index is 0.0707. The minimum Gasteiger partial charge on any atom is -0.378 e.